The first-order chi connectivity index (χ1) is 9.91. The first-order valence-corrected chi connectivity index (χ1v) is 7.39. The van der Waals surface area contributed by atoms with Crippen molar-refractivity contribution in [1.29, 1.82) is 0 Å². The molecule has 2 aromatic rings. The van der Waals surface area contributed by atoms with Crippen LogP contribution in [0.25, 0.3) is 0 Å². The van der Waals surface area contributed by atoms with E-state index >= 15 is 0 Å². The monoisotopic (exact) mass is 395 g/mol. The van der Waals surface area contributed by atoms with E-state index in [9.17, 15) is 14.7 Å². The minimum atomic E-state index is -1.09. The summed E-state index contributed by atoms with van der Waals surface area (Å²) in [6, 6.07) is 10.8. The number of amides is 1. The van der Waals surface area contributed by atoms with Gasteiger partial charge in [0.2, 0.25) is 0 Å². The van der Waals surface area contributed by atoms with E-state index in [0.29, 0.717) is 16.8 Å². The molecule has 108 valence electrons. The molecule has 2 N–H and O–H groups in total. The van der Waals surface area contributed by atoms with Gasteiger partial charge in [-0.05, 0) is 59.7 Å². The van der Waals surface area contributed by atoms with E-state index < -0.39 is 11.9 Å². The van der Waals surface area contributed by atoms with Crippen LogP contribution >= 0.6 is 22.6 Å². The van der Waals surface area contributed by atoms with Crippen LogP contribution in [0.5, 0.6) is 0 Å². The van der Waals surface area contributed by atoms with Gasteiger partial charge < -0.3 is 10.4 Å². The third-order valence-electron chi connectivity index (χ3n) is 3.18. The summed E-state index contributed by atoms with van der Waals surface area (Å²) >= 11 is 2.12. The number of aryl methyl sites for hydroxylation is 2. The van der Waals surface area contributed by atoms with Gasteiger partial charge in [0.15, 0.2) is 0 Å². The Kier molecular flexibility index (Phi) is 4.62. The molecule has 5 heteroatoms. The van der Waals surface area contributed by atoms with Crippen molar-refractivity contribution in [2.75, 3.05) is 5.32 Å². The van der Waals surface area contributed by atoms with Gasteiger partial charge in [-0.1, -0.05) is 24.3 Å². The van der Waals surface area contributed by atoms with Crippen LogP contribution in [-0.4, -0.2) is 17.0 Å². The maximum Gasteiger partial charge on any atom is 0.336 e. The number of para-hydroxylation sites is 1. The summed E-state index contributed by atoms with van der Waals surface area (Å²) in [6.07, 6.45) is 0. The fourth-order valence-electron chi connectivity index (χ4n) is 2.13. The van der Waals surface area contributed by atoms with Crippen molar-refractivity contribution in [2.24, 2.45) is 0 Å². The zero-order valence-electron chi connectivity index (χ0n) is 11.6. The minimum absolute atomic E-state index is 0.0541. The first kappa shape index (κ1) is 15.5. The molecule has 2 aromatic carbocycles. The number of hydrogen-bond donors (Lipinski definition) is 2. The number of carboxylic acids is 1. The molecule has 0 aliphatic heterocycles. The minimum Gasteiger partial charge on any atom is -0.478 e. The Bertz CT molecular complexity index is 725. The van der Waals surface area contributed by atoms with Crippen LogP contribution in [0.2, 0.25) is 0 Å². The number of nitrogens with one attached hydrogen (secondary N) is 1. The predicted molar refractivity (Wildman–Crippen MR) is 90.0 cm³/mol. The Balaban J connectivity index is 2.47. The van der Waals surface area contributed by atoms with Crippen LogP contribution < -0.4 is 5.32 Å². The fraction of sp³-hybridized carbons (Fsp3) is 0.125. The normalized spacial score (nSPS) is 10.2. The van der Waals surface area contributed by atoms with E-state index in [4.69, 9.17) is 0 Å². The van der Waals surface area contributed by atoms with Gasteiger partial charge in [-0.25, -0.2) is 4.79 Å². The average molecular weight is 395 g/mol. The number of halogens is 1. The highest BCUT2D eigenvalue weighted by Crippen LogP contribution is 2.22. The number of aromatic carboxylic acids is 1. The highest BCUT2D eigenvalue weighted by molar-refractivity contribution is 14.1. The molecule has 0 heterocycles. The van der Waals surface area contributed by atoms with E-state index in [-0.39, 0.29) is 11.1 Å². The van der Waals surface area contributed by atoms with Gasteiger partial charge in [-0.3, -0.25) is 4.79 Å². The van der Waals surface area contributed by atoms with Crippen molar-refractivity contribution < 1.29 is 14.7 Å². The Labute approximate surface area is 136 Å². The second kappa shape index (κ2) is 6.26. The van der Waals surface area contributed by atoms with Crippen LogP contribution in [-0.2, 0) is 0 Å². The highest BCUT2D eigenvalue weighted by atomic mass is 127. The van der Waals surface area contributed by atoms with Crippen molar-refractivity contribution in [3.63, 3.8) is 0 Å². The molecular formula is C16H14INO3. The molecule has 21 heavy (non-hydrogen) atoms. The number of carbonyl (C=O) groups excluding carboxylic acids is 1. The molecule has 0 saturated carbocycles. The van der Waals surface area contributed by atoms with Gasteiger partial charge in [-0.15, -0.1) is 0 Å². The number of benzene rings is 2. The summed E-state index contributed by atoms with van der Waals surface area (Å²) in [5.41, 5.74) is 2.14. The Hall–Kier alpha value is -1.89. The van der Waals surface area contributed by atoms with Crippen molar-refractivity contribution in [3.05, 3.63) is 62.2 Å². The standard InChI is InChI=1S/C16H14INO3/c1-9-7-8-10(2)14(16(20)21)13(9)15(19)18-12-6-4-3-5-11(12)17/h3-8H,1-2H3,(H,18,19)(H,20,21). The van der Waals surface area contributed by atoms with Crippen molar-refractivity contribution in [1.82, 2.24) is 0 Å². The molecule has 0 aromatic heterocycles. The summed E-state index contributed by atoms with van der Waals surface area (Å²) in [6.45, 7) is 3.42. The summed E-state index contributed by atoms with van der Waals surface area (Å²) < 4.78 is 0.894. The Morgan fingerprint density at radius 2 is 1.57 bits per heavy atom. The summed E-state index contributed by atoms with van der Waals surface area (Å²) in [4.78, 5) is 23.9. The molecule has 0 aliphatic carbocycles. The van der Waals surface area contributed by atoms with Crippen LogP contribution in [0.4, 0.5) is 5.69 Å². The number of hydrogen-bond acceptors (Lipinski definition) is 2. The second-order valence-corrected chi connectivity index (χ2v) is 5.85. The molecular weight excluding hydrogens is 381 g/mol. The van der Waals surface area contributed by atoms with E-state index in [1.807, 2.05) is 18.2 Å². The largest absolute Gasteiger partial charge is 0.478 e. The third kappa shape index (κ3) is 3.24. The molecule has 1 amide bonds. The smallest absolute Gasteiger partial charge is 0.336 e. The van der Waals surface area contributed by atoms with Gasteiger partial charge in [0.05, 0.1) is 16.8 Å². The van der Waals surface area contributed by atoms with Crippen LogP contribution in [0.3, 0.4) is 0 Å². The molecule has 0 radical (unpaired) electrons. The van der Waals surface area contributed by atoms with Gasteiger partial charge >= 0.3 is 5.97 Å². The molecule has 0 atom stereocenters. The fourth-order valence-corrected chi connectivity index (χ4v) is 2.65. The number of carboxylic acid groups (broad SMARTS) is 1. The molecule has 0 spiro atoms. The molecule has 0 saturated heterocycles. The van der Waals surface area contributed by atoms with Crippen LogP contribution in [0.15, 0.2) is 36.4 Å². The quantitative estimate of drug-likeness (QED) is 0.776. The average Bonchev–Trinajstić information content (AvgIpc) is 2.43. The lowest BCUT2D eigenvalue weighted by Crippen LogP contribution is -2.19. The Morgan fingerprint density at radius 3 is 2.14 bits per heavy atom. The topological polar surface area (TPSA) is 66.4 Å². The maximum absolute atomic E-state index is 12.5. The van der Waals surface area contributed by atoms with Gasteiger partial charge in [0, 0.05) is 3.57 Å². The second-order valence-electron chi connectivity index (χ2n) is 4.69. The number of rotatable bonds is 3. The Morgan fingerprint density at radius 1 is 1.00 bits per heavy atom. The maximum atomic E-state index is 12.5. The highest BCUT2D eigenvalue weighted by Gasteiger charge is 2.21. The summed E-state index contributed by atoms with van der Waals surface area (Å²) in [5, 5.41) is 12.1. The lowest BCUT2D eigenvalue weighted by atomic mass is 9.96. The zero-order valence-corrected chi connectivity index (χ0v) is 13.8. The molecule has 0 bridgehead atoms. The van der Waals surface area contributed by atoms with Crippen molar-refractivity contribution in [2.45, 2.75) is 13.8 Å². The van der Waals surface area contributed by atoms with E-state index in [1.54, 1.807) is 32.0 Å². The van der Waals surface area contributed by atoms with Gasteiger partial charge in [0.1, 0.15) is 0 Å². The number of anilines is 1. The number of carbonyl (C=O) groups is 2. The molecule has 0 unspecified atom stereocenters. The van der Waals surface area contributed by atoms with E-state index in [0.717, 1.165) is 3.57 Å². The third-order valence-corrected chi connectivity index (χ3v) is 4.13. The van der Waals surface area contributed by atoms with Crippen molar-refractivity contribution in [3.8, 4) is 0 Å². The van der Waals surface area contributed by atoms with E-state index in [1.165, 1.54) is 0 Å². The molecule has 4 nitrogen and oxygen atoms in total. The van der Waals surface area contributed by atoms with E-state index in [2.05, 4.69) is 27.9 Å². The lowest BCUT2D eigenvalue weighted by Gasteiger charge is -2.13. The zero-order chi connectivity index (χ0) is 15.6. The SMILES string of the molecule is Cc1ccc(C)c(C(=O)Nc2ccccc2I)c1C(=O)O. The molecule has 0 aliphatic rings. The molecule has 2 rings (SSSR count). The lowest BCUT2D eigenvalue weighted by molar-refractivity contribution is 0.0691. The first-order valence-electron chi connectivity index (χ1n) is 6.31. The van der Waals surface area contributed by atoms with Crippen LogP contribution in [0.1, 0.15) is 31.8 Å². The molecule has 0 fully saturated rings. The van der Waals surface area contributed by atoms with Crippen molar-refractivity contribution >= 4 is 40.2 Å². The summed E-state index contributed by atoms with van der Waals surface area (Å²) in [7, 11) is 0. The van der Waals surface area contributed by atoms with Gasteiger partial charge in [0.25, 0.3) is 5.91 Å². The summed E-state index contributed by atoms with van der Waals surface area (Å²) in [5.74, 6) is -1.50. The van der Waals surface area contributed by atoms with Crippen LogP contribution in [0, 0.1) is 17.4 Å². The predicted octanol–water partition coefficient (Wildman–Crippen LogP) is 3.86. The van der Waals surface area contributed by atoms with Gasteiger partial charge in [-0.2, -0.15) is 0 Å².